The van der Waals surface area contributed by atoms with E-state index < -0.39 is 27.3 Å². The van der Waals surface area contributed by atoms with Crippen LogP contribution in [0.5, 0.6) is 0 Å². The molecule has 10 heteroatoms. The molecule has 0 aromatic heterocycles. The lowest BCUT2D eigenvalue weighted by molar-refractivity contribution is 0.133. The lowest BCUT2D eigenvalue weighted by Crippen LogP contribution is -2.28. The van der Waals surface area contributed by atoms with E-state index in [-0.39, 0.29) is 0 Å². The molecular formula is C8H23O7PSi2. The van der Waals surface area contributed by atoms with Gasteiger partial charge < -0.3 is 26.1 Å². The Morgan fingerprint density at radius 3 is 1.22 bits per heavy atom. The average molecular weight is 318 g/mol. The third-order valence-electron chi connectivity index (χ3n) is 1.60. The first-order valence-electron chi connectivity index (χ1n) is 6.01. The molecule has 0 saturated heterocycles. The van der Waals surface area contributed by atoms with E-state index in [1.165, 1.54) is 0 Å². The third kappa shape index (κ3) is 9.37. The molecule has 0 aliphatic heterocycles. The molecule has 0 rings (SSSR count). The Morgan fingerprint density at radius 2 is 1.00 bits per heavy atom. The van der Waals surface area contributed by atoms with Crippen LogP contribution in [0.25, 0.3) is 0 Å². The van der Waals surface area contributed by atoms with Gasteiger partial charge in [0.15, 0.2) is 0 Å². The first-order chi connectivity index (χ1) is 8.67. The number of rotatable bonds is 12. The van der Waals surface area contributed by atoms with Gasteiger partial charge in [-0.25, -0.2) is 0 Å². The molecule has 0 aromatic rings. The maximum atomic E-state index is 11.7. The van der Waals surface area contributed by atoms with Crippen molar-refractivity contribution in [2.24, 2.45) is 0 Å². The highest BCUT2D eigenvalue weighted by atomic mass is 31.1. The van der Waals surface area contributed by atoms with Crippen LogP contribution in [0, 0.1) is 0 Å². The van der Waals surface area contributed by atoms with Crippen LogP contribution in [0.3, 0.4) is 0 Å². The van der Waals surface area contributed by atoms with Gasteiger partial charge in [0, 0.05) is 26.4 Å². The van der Waals surface area contributed by atoms with Gasteiger partial charge in [-0.15, -0.1) is 0 Å². The Hall–Kier alpha value is 0.424. The van der Waals surface area contributed by atoms with Crippen LogP contribution >= 0.6 is 8.25 Å². The summed E-state index contributed by atoms with van der Waals surface area (Å²) >= 11 is 0. The van der Waals surface area contributed by atoms with Gasteiger partial charge in [0.05, 0.1) is 0 Å². The van der Waals surface area contributed by atoms with Crippen LogP contribution in [0.15, 0.2) is 0 Å². The number of hydrogen-bond donors (Lipinski definition) is 0. The van der Waals surface area contributed by atoms with E-state index in [2.05, 4.69) is 0 Å². The quantitative estimate of drug-likeness (QED) is 0.392. The summed E-state index contributed by atoms with van der Waals surface area (Å²) < 4.78 is 42.9. The maximum Gasteiger partial charge on any atom is 0.490 e. The van der Waals surface area contributed by atoms with Gasteiger partial charge in [0.1, 0.15) is 0 Å². The van der Waals surface area contributed by atoms with E-state index in [9.17, 15) is 4.57 Å². The van der Waals surface area contributed by atoms with E-state index >= 15 is 0 Å². The Bertz CT molecular complexity index is 190. The van der Waals surface area contributed by atoms with Crippen molar-refractivity contribution < 1.29 is 30.7 Å². The molecule has 110 valence electrons. The zero-order valence-corrected chi connectivity index (χ0v) is 14.7. The molecule has 0 bridgehead atoms. The molecule has 0 atom stereocenters. The summed E-state index contributed by atoms with van der Waals surface area (Å²) in [5.74, 6) is 0. The second-order valence-corrected chi connectivity index (χ2v) is 7.76. The molecule has 7 nitrogen and oxygen atoms in total. The predicted octanol–water partition coefficient (Wildman–Crippen LogP) is 0.990. The summed E-state index contributed by atoms with van der Waals surface area (Å²) in [5, 5.41) is 0. The molecule has 0 aromatic carbocycles. The largest absolute Gasteiger partial charge is 0.490 e. The second-order valence-electron chi connectivity index (χ2n) is 2.88. The lowest BCUT2D eigenvalue weighted by atomic mass is 10.9. The highest BCUT2D eigenvalue weighted by Gasteiger charge is 2.23. The summed E-state index contributed by atoms with van der Waals surface area (Å²) in [6, 6.07) is 0. The van der Waals surface area contributed by atoms with E-state index in [1.54, 1.807) is 0 Å². The standard InChI is InChI=1S/C8H23O7PSi2/c1-5-10-17(11-6-2)14-16(9)15-18(12-7-3)13-8-4/h16-18H,5-8H2,1-4H3. The van der Waals surface area contributed by atoms with Crippen molar-refractivity contribution >= 4 is 27.3 Å². The van der Waals surface area contributed by atoms with Crippen LogP contribution < -0.4 is 0 Å². The van der Waals surface area contributed by atoms with Crippen LogP contribution in [0.1, 0.15) is 27.7 Å². The number of hydrogen-bond acceptors (Lipinski definition) is 7. The topological polar surface area (TPSA) is 72.5 Å². The molecule has 0 fully saturated rings. The van der Waals surface area contributed by atoms with Gasteiger partial charge in [-0.1, -0.05) is 0 Å². The zero-order valence-electron chi connectivity index (χ0n) is 11.3. The molecular weight excluding hydrogens is 295 g/mol. The summed E-state index contributed by atoms with van der Waals surface area (Å²) in [6.07, 6.45) is 0. The molecule has 0 heterocycles. The van der Waals surface area contributed by atoms with E-state index in [1.807, 2.05) is 27.7 Å². The molecule has 0 unspecified atom stereocenters. The first kappa shape index (κ1) is 18.4. The average Bonchev–Trinajstić information content (AvgIpc) is 2.30. The molecule has 0 radical (unpaired) electrons. The molecule has 18 heavy (non-hydrogen) atoms. The van der Waals surface area contributed by atoms with Gasteiger partial charge in [0.2, 0.25) is 0 Å². The van der Waals surface area contributed by atoms with Crippen LogP contribution in [-0.2, 0) is 30.7 Å². The molecule has 0 aliphatic carbocycles. The second kappa shape index (κ2) is 12.5. The van der Waals surface area contributed by atoms with Crippen molar-refractivity contribution in [1.82, 2.24) is 0 Å². The zero-order chi connectivity index (χ0) is 13.8. The summed E-state index contributed by atoms with van der Waals surface area (Å²) in [4.78, 5) is 0. The van der Waals surface area contributed by atoms with Gasteiger partial charge in [-0.05, 0) is 27.7 Å². The fourth-order valence-corrected chi connectivity index (χ4v) is 5.31. The van der Waals surface area contributed by atoms with Gasteiger partial charge >= 0.3 is 27.3 Å². The molecule has 0 N–H and O–H groups in total. The molecule has 0 aliphatic rings. The summed E-state index contributed by atoms with van der Waals surface area (Å²) in [6.45, 7) is 9.06. The maximum absolute atomic E-state index is 11.7. The third-order valence-corrected chi connectivity index (χ3v) is 7.10. The predicted molar refractivity (Wildman–Crippen MR) is 72.0 cm³/mol. The SMILES string of the molecule is CCO[SiH](OCC)O[PH](=O)O[SiH](OCC)OCC. The molecule has 0 spiro atoms. The molecule has 0 saturated carbocycles. The van der Waals surface area contributed by atoms with Crippen molar-refractivity contribution in [1.29, 1.82) is 0 Å². The van der Waals surface area contributed by atoms with E-state index in [0.717, 1.165) is 0 Å². The Morgan fingerprint density at radius 1 is 0.722 bits per heavy atom. The fourth-order valence-electron chi connectivity index (χ4n) is 0.962. The van der Waals surface area contributed by atoms with Crippen molar-refractivity contribution in [2.45, 2.75) is 27.7 Å². The minimum absolute atomic E-state index is 0.448. The van der Waals surface area contributed by atoms with E-state index in [4.69, 9.17) is 26.1 Å². The van der Waals surface area contributed by atoms with Gasteiger partial charge in [0.25, 0.3) is 0 Å². The highest BCUT2D eigenvalue weighted by Crippen LogP contribution is 2.27. The van der Waals surface area contributed by atoms with Gasteiger partial charge in [-0.3, -0.25) is 4.57 Å². The fraction of sp³-hybridized carbons (Fsp3) is 1.00. The smallest absolute Gasteiger partial charge is 0.376 e. The van der Waals surface area contributed by atoms with Crippen molar-refractivity contribution in [2.75, 3.05) is 26.4 Å². The minimum Gasteiger partial charge on any atom is -0.376 e. The van der Waals surface area contributed by atoms with Crippen molar-refractivity contribution in [3.63, 3.8) is 0 Å². The van der Waals surface area contributed by atoms with Crippen LogP contribution in [0.4, 0.5) is 0 Å². The van der Waals surface area contributed by atoms with Crippen molar-refractivity contribution in [3.05, 3.63) is 0 Å². The Balaban J connectivity index is 4.09. The van der Waals surface area contributed by atoms with E-state index in [0.29, 0.717) is 26.4 Å². The Kier molecular flexibility index (Phi) is 12.8. The summed E-state index contributed by atoms with van der Waals surface area (Å²) in [7, 11) is -7.44. The monoisotopic (exact) mass is 318 g/mol. The van der Waals surface area contributed by atoms with Crippen molar-refractivity contribution in [3.8, 4) is 0 Å². The normalized spacial score (nSPS) is 11.9. The first-order valence-corrected chi connectivity index (χ1v) is 10.1. The Labute approximate surface area is 113 Å². The lowest BCUT2D eigenvalue weighted by Gasteiger charge is -2.17. The minimum atomic E-state index is -2.70. The van der Waals surface area contributed by atoms with Crippen LogP contribution in [-0.4, -0.2) is 45.5 Å². The summed E-state index contributed by atoms with van der Waals surface area (Å²) in [5.41, 5.74) is 0. The van der Waals surface area contributed by atoms with Gasteiger partial charge in [-0.2, -0.15) is 0 Å². The van der Waals surface area contributed by atoms with Crippen LogP contribution in [0.2, 0.25) is 0 Å². The highest BCUT2D eigenvalue weighted by molar-refractivity contribution is 7.36. The molecule has 0 amide bonds.